The van der Waals surface area contributed by atoms with Gasteiger partial charge >= 0.3 is 6.61 Å². The summed E-state index contributed by atoms with van der Waals surface area (Å²) in [5, 5.41) is 3.37. The van der Waals surface area contributed by atoms with E-state index in [4.69, 9.17) is 0 Å². The summed E-state index contributed by atoms with van der Waals surface area (Å²) in [5.41, 5.74) is 0.999. The number of nitrogens with zero attached hydrogens (tertiary/aromatic N) is 3. The van der Waals surface area contributed by atoms with Crippen LogP contribution in [0.1, 0.15) is 32.3 Å². The van der Waals surface area contributed by atoms with Gasteiger partial charge in [-0.15, -0.1) is 24.0 Å². The average molecular weight is 498 g/mol. The van der Waals surface area contributed by atoms with Crippen molar-refractivity contribution in [3.8, 4) is 5.75 Å². The van der Waals surface area contributed by atoms with Gasteiger partial charge in [-0.1, -0.05) is 26.0 Å². The van der Waals surface area contributed by atoms with Crippen LogP contribution in [0.4, 0.5) is 8.78 Å². The molecule has 0 radical (unpaired) electrons. The van der Waals surface area contributed by atoms with Gasteiger partial charge in [0, 0.05) is 27.2 Å². The van der Waals surface area contributed by atoms with Crippen molar-refractivity contribution in [3.05, 3.63) is 29.8 Å². The third kappa shape index (κ3) is 10.7. The highest BCUT2D eigenvalue weighted by atomic mass is 127. The van der Waals surface area contributed by atoms with Crippen LogP contribution in [0.15, 0.2) is 29.3 Å². The monoisotopic (exact) mass is 498 g/mol. The molecule has 0 amide bonds. The van der Waals surface area contributed by atoms with Gasteiger partial charge in [0.2, 0.25) is 0 Å². The van der Waals surface area contributed by atoms with Crippen molar-refractivity contribution < 1.29 is 13.5 Å². The number of rotatable bonds is 11. The Kier molecular flexibility index (Phi) is 14.2. The molecule has 0 heterocycles. The molecule has 0 fully saturated rings. The molecule has 1 aromatic rings. The lowest BCUT2D eigenvalue weighted by Gasteiger charge is -2.23. The zero-order valence-corrected chi connectivity index (χ0v) is 19.1. The third-order valence-corrected chi connectivity index (χ3v) is 4.22. The summed E-state index contributed by atoms with van der Waals surface area (Å²) < 4.78 is 28.7. The van der Waals surface area contributed by atoms with Gasteiger partial charge in [-0.05, 0) is 50.2 Å². The van der Waals surface area contributed by atoms with Crippen LogP contribution in [0.5, 0.6) is 5.75 Å². The molecule has 0 aromatic heterocycles. The Bertz CT molecular complexity index is 525. The van der Waals surface area contributed by atoms with E-state index in [-0.39, 0.29) is 29.7 Å². The smallest absolute Gasteiger partial charge is 0.387 e. The van der Waals surface area contributed by atoms with Crippen LogP contribution < -0.4 is 10.1 Å². The fourth-order valence-corrected chi connectivity index (χ4v) is 2.71. The molecule has 0 aliphatic rings. The number of ether oxygens (including phenoxy) is 1. The average Bonchev–Trinajstić information content (AvgIpc) is 2.62. The summed E-state index contributed by atoms with van der Waals surface area (Å²) in [7, 11) is 3.71. The van der Waals surface area contributed by atoms with Gasteiger partial charge in [0.1, 0.15) is 5.75 Å². The van der Waals surface area contributed by atoms with E-state index < -0.39 is 6.61 Å². The van der Waals surface area contributed by atoms with Crippen molar-refractivity contribution in [2.45, 2.75) is 39.8 Å². The Hall–Kier alpha value is -1.16. The molecule has 0 saturated carbocycles. The zero-order valence-electron chi connectivity index (χ0n) is 16.8. The maximum absolute atomic E-state index is 12.2. The number of alkyl halides is 2. The first-order valence-corrected chi connectivity index (χ1v) is 9.18. The fourth-order valence-electron chi connectivity index (χ4n) is 2.71. The second kappa shape index (κ2) is 14.8. The zero-order chi connectivity index (χ0) is 19.4. The standard InChI is InChI=1S/C19H32F2N4O.HI/c1-5-25(6-2)14-8-7-13-23-19(22-3)24(4)15-16-9-11-17(12-10-16)26-18(20)21;/h9-12,18H,5-8,13-15H2,1-4H3,(H,22,23);1H. The predicted molar refractivity (Wildman–Crippen MR) is 118 cm³/mol. The van der Waals surface area contributed by atoms with Crippen LogP contribution >= 0.6 is 24.0 Å². The van der Waals surface area contributed by atoms with Gasteiger partial charge < -0.3 is 19.9 Å². The maximum Gasteiger partial charge on any atom is 0.387 e. The molecule has 0 spiro atoms. The van der Waals surface area contributed by atoms with E-state index in [1.807, 2.05) is 11.9 Å². The Morgan fingerprint density at radius 2 is 1.78 bits per heavy atom. The normalized spacial score (nSPS) is 11.5. The van der Waals surface area contributed by atoms with Gasteiger partial charge in [-0.2, -0.15) is 8.78 Å². The van der Waals surface area contributed by atoms with Crippen LogP contribution in [-0.2, 0) is 6.54 Å². The molecule has 0 saturated heterocycles. The molecule has 0 bridgehead atoms. The van der Waals surface area contributed by atoms with Crippen molar-refractivity contribution in [2.75, 3.05) is 40.3 Å². The summed E-state index contributed by atoms with van der Waals surface area (Å²) in [6.45, 7) is 6.39. The summed E-state index contributed by atoms with van der Waals surface area (Å²) in [4.78, 5) is 8.73. The quantitative estimate of drug-likeness (QED) is 0.217. The van der Waals surface area contributed by atoms with E-state index in [2.05, 4.69) is 33.8 Å². The minimum Gasteiger partial charge on any atom is -0.435 e. The Labute approximate surface area is 179 Å². The van der Waals surface area contributed by atoms with E-state index >= 15 is 0 Å². The molecule has 8 heteroatoms. The van der Waals surface area contributed by atoms with Crippen LogP contribution in [0.3, 0.4) is 0 Å². The maximum atomic E-state index is 12.2. The third-order valence-electron chi connectivity index (χ3n) is 4.22. The van der Waals surface area contributed by atoms with Crippen molar-refractivity contribution in [1.29, 1.82) is 0 Å². The minimum absolute atomic E-state index is 0. The highest BCUT2D eigenvalue weighted by molar-refractivity contribution is 14.0. The summed E-state index contributed by atoms with van der Waals surface area (Å²) in [5.74, 6) is 0.989. The lowest BCUT2D eigenvalue weighted by molar-refractivity contribution is -0.0498. The van der Waals surface area contributed by atoms with Crippen molar-refractivity contribution >= 4 is 29.9 Å². The molecular weight excluding hydrogens is 465 g/mol. The molecule has 0 aliphatic heterocycles. The number of halogens is 3. The highest BCUT2D eigenvalue weighted by Gasteiger charge is 2.08. The van der Waals surface area contributed by atoms with Gasteiger partial charge in [0.05, 0.1) is 0 Å². The molecule has 0 atom stereocenters. The van der Waals surface area contributed by atoms with Gasteiger partial charge in [-0.25, -0.2) is 0 Å². The van der Waals surface area contributed by atoms with Crippen molar-refractivity contribution in [2.24, 2.45) is 4.99 Å². The minimum atomic E-state index is -2.80. The number of unbranched alkanes of at least 4 members (excludes halogenated alkanes) is 1. The SMILES string of the molecule is CCN(CC)CCCCNC(=NC)N(C)Cc1ccc(OC(F)F)cc1.I. The number of guanidine groups is 1. The van der Waals surface area contributed by atoms with Crippen molar-refractivity contribution in [3.63, 3.8) is 0 Å². The van der Waals surface area contributed by atoms with E-state index in [1.165, 1.54) is 0 Å². The molecule has 0 unspecified atom stereocenters. The van der Waals surface area contributed by atoms with Crippen LogP contribution in [0.2, 0.25) is 0 Å². The van der Waals surface area contributed by atoms with Crippen LogP contribution in [-0.4, -0.2) is 62.6 Å². The molecule has 1 rings (SSSR count). The molecule has 1 aromatic carbocycles. The molecule has 156 valence electrons. The van der Waals surface area contributed by atoms with E-state index in [1.54, 1.807) is 31.3 Å². The number of hydrogen-bond acceptors (Lipinski definition) is 3. The fraction of sp³-hybridized carbons (Fsp3) is 0.632. The Balaban J connectivity index is 0.00000676. The highest BCUT2D eigenvalue weighted by Crippen LogP contribution is 2.15. The van der Waals surface area contributed by atoms with E-state index in [0.29, 0.717) is 6.54 Å². The van der Waals surface area contributed by atoms with Crippen LogP contribution in [0, 0.1) is 0 Å². The summed E-state index contributed by atoms with van der Waals surface area (Å²) in [6.07, 6.45) is 2.24. The number of benzene rings is 1. The lowest BCUT2D eigenvalue weighted by atomic mass is 10.2. The lowest BCUT2D eigenvalue weighted by Crippen LogP contribution is -2.39. The summed E-state index contributed by atoms with van der Waals surface area (Å²) >= 11 is 0. The second-order valence-electron chi connectivity index (χ2n) is 6.09. The number of nitrogens with one attached hydrogen (secondary N) is 1. The molecule has 27 heavy (non-hydrogen) atoms. The molecule has 0 aliphatic carbocycles. The first-order chi connectivity index (χ1) is 12.5. The van der Waals surface area contributed by atoms with Gasteiger partial charge in [-0.3, -0.25) is 4.99 Å². The number of hydrogen-bond donors (Lipinski definition) is 1. The van der Waals surface area contributed by atoms with Gasteiger partial charge in [0.15, 0.2) is 5.96 Å². The topological polar surface area (TPSA) is 40.1 Å². The van der Waals surface area contributed by atoms with Crippen LogP contribution in [0.25, 0.3) is 0 Å². The summed E-state index contributed by atoms with van der Waals surface area (Å²) in [6, 6.07) is 6.68. The molecule has 1 N–H and O–H groups in total. The van der Waals surface area contributed by atoms with E-state index in [0.717, 1.165) is 50.5 Å². The molecular formula is C19H33F2IN4O. The Morgan fingerprint density at radius 3 is 2.30 bits per heavy atom. The predicted octanol–water partition coefficient (Wildman–Crippen LogP) is 4.04. The number of aliphatic imine (C=N–C) groups is 1. The second-order valence-corrected chi connectivity index (χ2v) is 6.09. The van der Waals surface area contributed by atoms with Gasteiger partial charge in [0.25, 0.3) is 0 Å². The van der Waals surface area contributed by atoms with Crippen molar-refractivity contribution in [1.82, 2.24) is 15.1 Å². The molecule has 5 nitrogen and oxygen atoms in total. The largest absolute Gasteiger partial charge is 0.435 e. The first kappa shape index (κ1) is 25.8. The van der Waals surface area contributed by atoms with E-state index in [9.17, 15) is 8.78 Å². The Morgan fingerprint density at radius 1 is 1.15 bits per heavy atom. The first-order valence-electron chi connectivity index (χ1n) is 9.18.